The zero-order valence-corrected chi connectivity index (χ0v) is 7.24. The van der Waals surface area contributed by atoms with Crippen molar-refractivity contribution in [3.8, 4) is 0 Å². The smallest absolute Gasteiger partial charge is 0.0921 e. The van der Waals surface area contributed by atoms with E-state index in [0.717, 1.165) is 11.4 Å². The summed E-state index contributed by atoms with van der Waals surface area (Å²) in [4.78, 5) is 6.84. The van der Waals surface area contributed by atoms with E-state index in [-0.39, 0.29) is 1.43 Å². The van der Waals surface area contributed by atoms with Gasteiger partial charge >= 0.3 is 0 Å². The Morgan fingerprint density at radius 1 is 1.91 bits per heavy atom. The van der Waals surface area contributed by atoms with E-state index in [0.29, 0.717) is 11.5 Å². The minimum atomic E-state index is 0. The molecule has 11 heavy (non-hydrogen) atoms. The van der Waals surface area contributed by atoms with Crippen molar-refractivity contribution in [1.29, 1.82) is 5.41 Å². The van der Waals surface area contributed by atoms with Gasteiger partial charge in [0, 0.05) is 19.7 Å². The molecule has 0 amide bonds. The normalized spacial score (nSPS) is 9.91. The van der Waals surface area contributed by atoms with E-state index < -0.39 is 0 Å². The number of nitrogens with one attached hydrogen (secondary N) is 2. The standard InChI is InChI=1S/C7H11N3S.H2/c1-2-11-7(8)3-6-4-9-5-10-6;/h4-5,8H,2-3H2,1H3,(H,9,10);1H. The highest BCUT2D eigenvalue weighted by molar-refractivity contribution is 8.13. The number of imidazole rings is 1. The number of hydrogen-bond acceptors (Lipinski definition) is 3. The third-order valence-corrected chi connectivity index (χ3v) is 2.01. The van der Waals surface area contributed by atoms with Crippen LogP contribution in [-0.4, -0.2) is 20.8 Å². The molecule has 0 spiro atoms. The fraction of sp³-hybridized carbons (Fsp3) is 0.429. The molecule has 0 fully saturated rings. The van der Waals surface area contributed by atoms with Crippen LogP contribution < -0.4 is 0 Å². The molecule has 0 saturated heterocycles. The van der Waals surface area contributed by atoms with Crippen LogP contribution in [0.2, 0.25) is 0 Å². The monoisotopic (exact) mass is 171 g/mol. The van der Waals surface area contributed by atoms with Crippen molar-refractivity contribution in [2.24, 2.45) is 0 Å². The highest BCUT2D eigenvalue weighted by atomic mass is 32.2. The van der Waals surface area contributed by atoms with Crippen LogP contribution in [0.1, 0.15) is 14.0 Å². The summed E-state index contributed by atoms with van der Waals surface area (Å²) >= 11 is 1.57. The average Bonchev–Trinajstić information content (AvgIpc) is 2.40. The SMILES string of the molecule is CCSC(=N)Cc1cnc[nH]1.[HH]. The van der Waals surface area contributed by atoms with Crippen LogP contribution >= 0.6 is 11.8 Å². The minimum absolute atomic E-state index is 0. The summed E-state index contributed by atoms with van der Waals surface area (Å²) in [5.41, 5.74) is 1.01. The van der Waals surface area contributed by atoms with Crippen molar-refractivity contribution in [2.45, 2.75) is 13.3 Å². The molecule has 4 heteroatoms. The van der Waals surface area contributed by atoms with Crippen molar-refractivity contribution in [2.75, 3.05) is 5.75 Å². The third kappa shape index (κ3) is 2.76. The van der Waals surface area contributed by atoms with Gasteiger partial charge in [0.15, 0.2) is 0 Å². The van der Waals surface area contributed by atoms with Gasteiger partial charge in [0.05, 0.1) is 11.4 Å². The molecule has 3 nitrogen and oxygen atoms in total. The molecule has 0 atom stereocenters. The second-order valence-corrected chi connectivity index (χ2v) is 3.47. The van der Waals surface area contributed by atoms with Crippen molar-refractivity contribution >= 4 is 16.8 Å². The first-order valence-corrected chi connectivity index (χ1v) is 4.49. The Morgan fingerprint density at radius 3 is 3.27 bits per heavy atom. The van der Waals surface area contributed by atoms with Crippen LogP contribution in [0.15, 0.2) is 12.5 Å². The number of nitrogens with zero attached hydrogens (tertiary/aromatic N) is 1. The topological polar surface area (TPSA) is 52.5 Å². The molecule has 0 unspecified atom stereocenters. The van der Waals surface area contributed by atoms with Crippen molar-refractivity contribution in [1.82, 2.24) is 9.97 Å². The molecular formula is C7H13N3S. The maximum atomic E-state index is 7.48. The van der Waals surface area contributed by atoms with Gasteiger partial charge in [0.1, 0.15) is 0 Å². The van der Waals surface area contributed by atoms with Crippen LogP contribution in [0.4, 0.5) is 0 Å². The number of rotatable bonds is 3. The van der Waals surface area contributed by atoms with Crippen LogP contribution in [0.3, 0.4) is 0 Å². The first kappa shape index (κ1) is 8.33. The zero-order valence-electron chi connectivity index (χ0n) is 6.42. The van der Waals surface area contributed by atoms with Crippen molar-refractivity contribution in [3.63, 3.8) is 0 Å². The van der Waals surface area contributed by atoms with Gasteiger partial charge < -0.3 is 4.98 Å². The van der Waals surface area contributed by atoms with Gasteiger partial charge in [-0.15, -0.1) is 11.8 Å². The van der Waals surface area contributed by atoms with E-state index in [9.17, 15) is 0 Å². The molecule has 0 aliphatic heterocycles. The molecule has 0 aliphatic rings. The molecule has 0 radical (unpaired) electrons. The Hall–Kier alpha value is -0.770. The Kier molecular flexibility index (Phi) is 3.16. The fourth-order valence-electron chi connectivity index (χ4n) is 0.780. The number of aromatic amines is 1. The van der Waals surface area contributed by atoms with Gasteiger partial charge in [0.25, 0.3) is 0 Å². The largest absolute Gasteiger partial charge is 0.348 e. The van der Waals surface area contributed by atoms with Gasteiger partial charge in [0.2, 0.25) is 0 Å². The summed E-state index contributed by atoms with van der Waals surface area (Å²) in [5.74, 6) is 0.965. The van der Waals surface area contributed by atoms with E-state index in [1.807, 2.05) is 6.92 Å². The third-order valence-electron chi connectivity index (χ3n) is 1.22. The zero-order chi connectivity index (χ0) is 8.10. The Morgan fingerprint density at radius 2 is 2.73 bits per heavy atom. The lowest BCUT2D eigenvalue weighted by Crippen LogP contribution is -1.96. The lowest BCUT2D eigenvalue weighted by atomic mass is 10.4. The molecule has 1 aromatic heterocycles. The first-order chi connectivity index (χ1) is 5.33. The second-order valence-electron chi connectivity index (χ2n) is 2.11. The molecule has 62 valence electrons. The predicted octanol–water partition coefficient (Wildman–Crippen LogP) is 1.93. The van der Waals surface area contributed by atoms with E-state index in [2.05, 4.69) is 9.97 Å². The lowest BCUT2D eigenvalue weighted by Gasteiger charge is -1.97. The first-order valence-electron chi connectivity index (χ1n) is 3.50. The van der Waals surface area contributed by atoms with E-state index in [1.165, 1.54) is 0 Å². The number of thioether (sulfide) groups is 1. The van der Waals surface area contributed by atoms with Gasteiger partial charge in [-0.2, -0.15) is 0 Å². The minimum Gasteiger partial charge on any atom is -0.348 e. The van der Waals surface area contributed by atoms with E-state index >= 15 is 0 Å². The Labute approximate surface area is 71.6 Å². The average molecular weight is 171 g/mol. The molecule has 0 aromatic carbocycles. The van der Waals surface area contributed by atoms with Crippen molar-refractivity contribution < 1.29 is 1.43 Å². The van der Waals surface area contributed by atoms with Gasteiger partial charge in [-0.05, 0) is 5.75 Å². The maximum absolute atomic E-state index is 7.48. The Bertz CT molecular complexity index is 223. The van der Waals surface area contributed by atoms with Gasteiger partial charge in [-0.3, -0.25) is 5.41 Å². The molecule has 2 N–H and O–H groups in total. The molecule has 0 aliphatic carbocycles. The summed E-state index contributed by atoms with van der Waals surface area (Å²) < 4.78 is 0. The highest BCUT2D eigenvalue weighted by Gasteiger charge is 1.98. The van der Waals surface area contributed by atoms with Crippen LogP contribution in [-0.2, 0) is 6.42 Å². The summed E-state index contributed by atoms with van der Waals surface area (Å²) in [6.45, 7) is 2.05. The molecule has 1 heterocycles. The summed E-state index contributed by atoms with van der Waals surface area (Å²) in [5, 5.41) is 8.17. The van der Waals surface area contributed by atoms with Gasteiger partial charge in [-0.25, -0.2) is 4.98 Å². The summed E-state index contributed by atoms with van der Waals surface area (Å²) in [7, 11) is 0. The highest BCUT2D eigenvalue weighted by Crippen LogP contribution is 2.05. The lowest BCUT2D eigenvalue weighted by molar-refractivity contribution is 1.19. The molecule has 0 bridgehead atoms. The summed E-state index contributed by atoms with van der Waals surface area (Å²) in [6, 6.07) is 0. The molecule has 0 saturated carbocycles. The summed E-state index contributed by atoms with van der Waals surface area (Å²) in [6.07, 6.45) is 4.07. The molecule has 1 aromatic rings. The number of hydrogen-bond donors (Lipinski definition) is 2. The van der Waals surface area contributed by atoms with E-state index in [4.69, 9.17) is 5.41 Å². The van der Waals surface area contributed by atoms with Gasteiger partial charge in [-0.1, -0.05) is 6.92 Å². The fourth-order valence-corrected chi connectivity index (χ4v) is 1.39. The van der Waals surface area contributed by atoms with Crippen LogP contribution in [0.5, 0.6) is 0 Å². The van der Waals surface area contributed by atoms with E-state index in [1.54, 1.807) is 24.3 Å². The molecule has 1 rings (SSSR count). The molecular weight excluding hydrogens is 158 g/mol. The second kappa shape index (κ2) is 4.18. The number of aromatic nitrogens is 2. The maximum Gasteiger partial charge on any atom is 0.0921 e. The quantitative estimate of drug-likeness (QED) is 0.539. The predicted molar refractivity (Wildman–Crippen MR) is 50.3 cm³/mol. The van der Waals surface area contributed by atoms with Crippen molar-refractivity contribution in [3.05, 3.63) is 18.2 Å². The van der Waals surface area contributed by atoms with Crippen LogP contribution in [0, 0.1) is 5.41 Å². The number of H-pyrrole nitrogens is 1. The Balaban J connectivity index is 0.00000121. The van der Waals surface area contributed by atoms with Crippen LogP contribution in [0.25, 0.3) is 0 Å².